The SMILES string of the molecule is O=C1COCC(=O)N1C1CCCCC1. The van der Waals surface area contributed by atoms with E-state index in [1.54, 1.807) is 0 Å². The summed E-state index contributed by atoms with van der Waals surface area (Å²) in [4.78, 5) is 24.4. The summed E-state index contributed by atoms with van der Waals surface area (Å²) < 4.78 is 4.87. The van der Waals surface area contributed by atoms with E-state index in [-0.39, 0.29) is 31.1 Å². The van der Waals surface area contributed by atoms with Crippen molar-refractivity contribution in [3.05, 3.63) is 0 Å². The smallest absolute Gasteiger partial charge is 0.255 e. The third-order valence-electron chi connectivity index (χ3n) is 2.93. The first-order valence-corrected chi connectivity index (χ1v) is 5.21. The molecule has 0 unspecified atom stereocenters. The summed E-state index contributed by atoms with van der Waals surface area (Å²) in [6.45, 7) is 0.143. The molecule has 1 aliphatic carbocycles. The van der Waals surface area contributed by atoms with Crippen LogP contribution in [0.1, 0.15) is 32.1 Å². The Kier molecular flexibility index (Phi) is 2.82. The Morgan fingerprint density at radius 3 is 2.14 bits per heavy atom. The number of hydrogen-bond donors (Lipinski definition) is 0. The second-order valence-corrected chi connectivity index (χ2v) is 3.94. The molecule has 0 N–H and O–H groups in total. The Bertz CT molecular complexity index is 230. The molecule has 2 amide bonds. The van der Waals surface area contributed by atoms with Gasteiger partial charge in [-0.1, -0.05) is 19.3 Å². The van der Waals surface area contributed by atoms with Crippen LogP contribution in [0.2, 0.25) is 0 Å². The van der Waals surface area contributed by atoms with E-state index in [1.165, 1.54) is 11.3 Å². The monoisotopic (exact) mass is 197 g/mol. The van der Waals surface area contributed by atoms with Gasteiger partial charge in [-0.3, -0.25) is 14.5 Å². The van der Waals surface area contributed by atoms with Crippen LogP contribution >= 0.6 is 0 Å². The molecule has 0 aromatic carbocycles. The van der Waals surface area contributed by atoms with Crippen LogP contribution < -0.4 is 0 Å². The van der Waals surface area contributed by atoms with Crippen LogP contribution in [0.25, 0.3) is 0 Å². The molecule has 0 aromatic heterocycles. The lowest BCUT2D eigenvalue weighted by Crippen LogP contribution is -2.52. The van der Waals surface area contributed by atoms with Crippen LogP contribution in [0.15, 0.2) is 0 Å². The molecule has 0 bridgehead atoms. The zero-order valence-corrected chi connectivity index (χ0v) is 8.20. The van der Waals surface area contributed by atoms with Gasteiger partial charge in [-0.15, -0.1) is 0 Å². The molecule has 1 saturated heterocycles. The summed E-state index contributed by atoms with van der Waals surface area (Å²) in [5.74, 6) is -0.318. The second kappa shape index (κ2) is 4.09. The molecule has 4 heteroatoms. The molecule has 14 heavy (non-hydrogen) atoms. The highest BCUT2D eigenvalue weighted by atomic mass is 16.5. The zero-order valence-electron chi connectivity index (χ0n) is 8.20. The minimum atomic E-state index is -0.159. The summed E-state index contributed by atoms with van der Waals surface area (Å²) in [6.07, 6.45) is 5.42. The van der Waals surface area contributed by atoms with Crippen LogP contribution in [0.4, 0.5) is 0 Å². The van der Waals surface area contributed by atoms with Gasteiger partial charge in [-0.2, -0.15) is 0 Å². The van der Waals surface area contributed by atoms with E-state index in [0.717, 1.165) is 25.7 Å². The summed E-state index contributed by atoms with van der Waals surface area (Å²) in [5, 5.41) is 0. The maximum Gasteiger partial charge on any atom is 0.255 e. The Labute approximate surface area is 83.2 Å². The molecule has 1 aliphatic heterocycles. The number of amides is 2. The Morgan fingerprint density at radius 1 is 1.00 bits per heavy atom. The Morgan fingerprint density at radius 2 is 1.57 bits per heavy atom. The first-order chi connectivity index (χ1) is 6.79. The van der Waals surface area contributed by atoms with Crippen LogP contribution in [0.3, 0.4) is 0 Å². The summed E-state index contributed by atoms with van der Waals surface area (Å²) in [7, 11) is 0. The van der Waals surface area contributed by atoms with E-state index in [2.05, 4.69) is 0 Å². The van der Waals surface area contributed by atoms with Gasteiger partial charge < -0.3 is 4.74 Å². The fourth-order valence-corrected chi connectivity index (χ4v) is 2.25. The predicted octanol–water partition coefficient (Wildman–Crippen LogP) is 0.704. The normalized spacial score (nSPS) is 25.6. The Hall–Kier alpha value is -0.900. The van der Waals surface area contributed by atoms with Crippen molar-refractivity contribution in [2.45, 2.75) is 38.1 Å². The lowest BCUT2D eigenvalue weighted by Gasteiger charge is -2.34. The lowest BCUT2D eigenvalue weighted by molar-refractivity contribution is -0.162. The number of carbonyl (C=O) groups excluding carboxylic acids is 2. The molecule has 1 heterocycles. The molecule has 2 rings (SSSR count). The fourth-order valence-electron chi connectivity index (χ4n) is 2.25. The van der Waals surface area contributed by atoms with Crippen molar-refractivity contribution in [2.24, 2.45) is 0 Å². The van der Waals surface area contributed by atoms with Crippen molar-refractivity contribution in [3.63, 3.8) is 0 Å². The zero-order chi connectivity index (χ0) is 9.97. The van der Waals surface area contributed by atoms with Gasteiger partial charge in [0.15, 0.2) is 0 Å². The van der Waals surface area contributed by atoms with Crippen LogP contribution in [0, 0.1) is 0 Å². The number of rotatable bonds is 1. The quantitative estimate of drug-likeness (QED) is 0.581. The van der Waals surface area contributed by atoms with Crippen molar-refractivity contribution < 1.29 is 14.3 Å². The van der Waals surface area contributed by atoms with E-state index in [0.29, 0.717) is 0 Å². The van der Waals surface area contributed by atoms with Gasteiger partial charge in [0, 0.05) is 6.04 Å². The molecule has 2 aliphatic rings. The molecule has 78 valence electrons. The number of morpholine rings is 1. The van der Waals surface area contributed by atoms with Crippen molar-refractivity contribution in [3.8, 4) is 0 Å². The van der Waals surface area contributed by atoms with Gasteiger partial charge in [0.1, 0.15) is 13.2 Å². The first kappa shape index (κ1) is 9.65. The van der Waals surface area contributed by atoms with Gasteiger partial charge in [0.2, 0.25) is 0 Å². The molecule has 0 atom stereocenters. The topological polar surface area (TPSA) is 46.6 Å². The van der Waals surface area contributed by atoms with Crippen molar-refractivity contribution in [1.29, 1.82) is 0 Å². The van der Waals surface area contributed by atoms with Gasteiger partial charge >= 0.3 is 0 Å². The summed E-state index contributed by atoms with van der Waals surface area (Å²) in [6, 6.07) is 0.146. The van der Waals surface area contributed by atoms with Gasteiger partial charge in [0.25, 0.3) is 11.8 Å². The van der Waals surface area contributed by atoms with Gasteiger partial charge in [0.05, 0.1) is 0 Å². The second-order valence-electron chi connectivity index (χ2n) is 3.94. The highest BCUT2D eigenvalue weighted by Gasteiger charge is 2.33. The van der Waals surface area contributed by atoms with Gasteiger partial charge in [-0.25, -0.2) is 0 Å². The third-order valence-corrected chi connectivity index (χ3v) is 2.93. The number of hydrogen-bond acceptors (Lipinski definition) is 3. The van der Waals surface area contributed by atoms with Crippen LogP contribution in [-0.2, 0) is 14.3 Å². The van der Waals surface area contributed by atoms with Gasteiger partial charge in [-0.05, 0) is 12.8 Å². The maximum absolute atomic E-state index is 11.5. The van der Waals surface area contributed by atoms with Crippen molar-refractivity contribution >= 4 is 11.8 Å². The van der Waals surface area contributed by atoms with E-state index >= 15 is 0 Å². The van der Waals surface area contributed by atoms with E-state index in [4.69, 9.17) is 4.74 Å². The minimum Gasteiger partial charge on any atom is -0.362 e. The molecule has 1 saturated carbocycles. The number of carbonyl (C=O) groups is 2. The number of nitrogens with zero attached hydrogens (tertiary/aromatic N) is 1. The Balaban J connectivity index is 2.05. The lowest BCUT2D eigenvalue weighted by atomic mass is 9.94. The molecular formula is C10H15NO3. The molecule has 0 spiro atoms. The average molecular weight is 197 g/mol. The fraction of sp³-hybridized carbons (Fsp3) is 0.800. The van der Waals surface area contributed by atoms with Crippen molar-refractivity contribution in [2.75, 3.05) is 13.2 Å². The predicted molar refractivity (Wildman–Crippen MR) is 49.5 cm³/mol. The number of imide groups is 1. The molecule has 2 fully saturated rings. The van der Waals surface area contributed by atoms with E-state index < -0.39 is 0 Å². The largest absolute Gasteiger partial charge is 0.362 e. The standard InChI is InChI=1S/C10H15NO3/c12-9-6-14-7-10(13)11(9)8-4-2-1-3-5-8/h8H,1-7H2. The van der Waals surface area contributed by atoms with E-state index in [1.807, 2.05) is 0 Å². The summed E-state index contributed by atoms with van der Waals surface area (Å²) >= 11 is 0. The highest BCUT2D eigenvalue weighted by molar-refractivity contribution is 5.98. The van der Waals surface area contributed by atoms with E-state index in [9.17, 15) is 9.59 Å². The summed E-state index contributed by atoms with van der Waals surface area (Å²) in [5.41, 5.74) is 0. The molecule has 0 radical (unpaired) electrons. The maximum atomic E-state index is 11.5. The molecular weight excluding hydrogens is 182 g/mol. The molecule has 0 aromatic rings. The third kappa shape index (κ3) is 1.80. The average Bonchev–Trinajstić information content (AvgIpc) is 2.19. The minimum absolute atomic E-state index is 0.0717. The highest BCUT2D eigenvalue weighted by Crippen LogP contribution is 2.23. The van der Waals surface area contributed by atoms with Crippen LogP contribution in [0.5, 0.6) is 0 Å². The number of ether oxygens (including phenoxy) is 1. The van der Waals surface area contributed by atoms with Crippen LogP contribution in [-0.4, -0.2) is 36.0 Å². The van der Waals surface area contributed by atoms with Crippen molar-refractivity contribution in [1.82, 2.24) is 4.90 Å². The first-order valence-electron chi connectivity index (χ1n) is 5.21. The molecule has 4 nitrogen and oxygen atoms in total.